The number of nitrogens with one attached hydrogen (secondary N) is 2. The van der Waals surface area contributed by atoms with Crippen molar-refractivity contribution in [3.05, 3.63) is 71.4 Å². The van der Waals surface area contributed by atoms with Gasteiger partial charge in [-0.2, -0.15) is 4.98 Å². The molecule has 2 aromatic carbocycles. The van der Waals surface area contributed by atoms with E-state index in [0.717, 1.165) is 43.5 Å². The zero-order chi connectivity index (χ0) is 20.1. The molecule has 2 N–H and O–H groups in total. The summed E-state index contributed by atoms with van der Waals surface area (Å²) in [5, 5.41) is 6.84. The minimum absolute atomic E-state index is 0.625. The molecule has 0 unspecified atom stereocenters. The third-order valence-corrected chi connectivity index (χ3v) is 5.07. The Bertz CT molecular complexity index is 969. The largest absolute Gasteiger partial charge is 0.378 e. The Hall–Kier alpha value is -3.12. The van der Waals surface area contributed by atoms with E-state index in [0.29, 0.717) is 12.5 Å². The van der Waals surface area contributed by atoms with Crippen LogP contribution in [0.2, 0.25) is 0 Å². The number of aryl methyl sites for hydroxylation is 2. The molecule has 3 aromatic rings. The number of hydrogen-bond donors (Lipinski definition) is 2. The minimum Gasteiger partial charge on any atom is -0.378 e. The summed E-state index contributed by atoms with van der Waals surface area (Å²) in [4.78, 5) is 11.6. The molecule has 1 aliphatic heterocycles. The highest BCUT2D eigenvalue weighted by Crippen LogP contribution is 2.29. The Balaban J connectivity index is 1.52. The first-order valence-electron chi connectivity index (χ1n) is 10.0. The van der Waals surface area contributed by atoms with Gasteiger partial charge in [0.2, 0.25) is 5.95 Å². The van der Waals surface area contributed by atoms with Crippen LogP contribution in [0.3, 0.4) is 0 Å². The van der Waals surface area contributed by atoms with E-state index >= 15 is 0 Å². The maximum absolute atomic E-state index is 5.49. The van der Waals surface area contributed by atoms with Crippen molar-refractivity contribution < 1.29 is 4.74 Å². The highest BCUT2D eigenvalue weighted by molar-refractivity contribution is 5.74. The molecule has 1 fully saturated rings. The summed E-state index contributed by atoms with van der Waals surface area (Å²) < 4.78 is 5.49. The fraction of sp³-hybridized carbons (Fsp3) is 0.304. The SMILES string of the molecule is Cc1cc(Nc2ccccc2N2CCOCC2)nc(NCc2ccccc2C)n1. The van der Waals surface area contributed by atoms with Crippen LogP contribution < -0.4 is 15.5 Å². The Kier molecular flexibility index (Phi) is 5.91. The predicted molar refractivity (Wildman–Crippen MR) is 118 cm³/mol. The number of nitrogens with zero attached hydrogens (tertiary/aromatic N) is 3. The van der Waals surface area contributed by atoms with Gasteiger partial charge in [-0.15, -0.1) is 0 Å². The number of aromatic nitrogens is 2. The van der Waals surface area contributed by atoms with Crippen molar-refractivity contribution in [2.24, 2.45) is 0 Å². The van der Waals surface area contributed by atoms with Crippen LogP contribution in [0.15, 0.2) is 54.6 Å². The number of hydrogen-bond acceptors (Lipinski definition) is 6. The van der Waals surface area contributed by atoms with E-state index in [-0.39, 0.29) is 0 Å². The fourth-order valence-corrected chi connectivity index (χ4v) is 3.49. The standard InChI is InChI=1S/C23H27N5O/c1-17-7-3-4-8-19(17)16-24-23-25-18(2)15-22(27-23)26-20-9-5-6-10-21(20)28-11-13-29-14-12-28/h3-10,15H,11-14,16H2,1-2H3,(H2,24,25,26,27). The number of para-hydroxylation sites is 2. The normalized spacial score (nSPS) is 13.9. The van der Waals surface area contributed by atoms with Crippen molar-refractivity contribution in [2.45, 2.75) is 20.4 Å². The van der Waals surface area contributed by atoms with Crippen molar-refractivity contribution in [1.29, 1.82) is 0 Å². The first-order valence-corrected chi connectivity index (χ1v) is 10.0. The highest BCUT2D eigenvalue weighted by atomic mass is 16.5. The van der Waals surface area contributed by atoms with Gasteiger partial charge in [0.25, 0.3) is 0 Å². The van der Waals surface area contributed by atoms with Gasteiger partial charge >= 0.3 is 0 Å². The summed E-state index contributed by atoms with van der Waals surface area (Å²) in [7, 11) is 0. The second kappa shape index (κ2) is 8.92. The lowest BCUT2D eigenvalue weighted by atomic mass is 10.1. The number of anilines is 4. The Labute approximate surface area is 172 Å². The molecule has 6 heteroatoms. The molecule has 0 amide bonds. The highest BCUT2D eigenvalue weighted by Gasteiger charge is 2.15. The zero-order valence-electron chi connectivity index (χ0n) is 17.0. The van der Waals surface area contributed by atoms with Gasteiger partial charge in [-0.05, 0) is 37.1 Å². The smallest absolute Gasteiger partial charge is 0.225 e. The zero-order valence-corrected chi connectivity index (χ0v) is 17.0. The summed E-state index contributed by atoms with van der Waals surface area (Å²) in [6.45, 7) is 8.10. The molecule has 0 radical (unpaired) electrons. The van der Waals surface area contributed by atoms with Gasteiger partial charge in [-0.25, -0.2) is 4.98 Å². The number of morpholine rings is 1. The van der Waals surface area contributed by atoms with Crippen molar-refractivity contribution in [3.63, 3.8) is 0 Å². The van der Waals surface area contributed by atoms with Gasteiger partial charge in [0.05, 0.1) is 24.6 Å². The molecule has 1 aromatic heterocycles. The van der Waals surface area contributed by atoms with Crippen molar-refractivity contribution >= 4 is 23.1 Å². The van der Waals surface area contributed by atoms with Crippen LogP contribution >= 0.6 is 0 Å². The van der Waals surface area contributed by atoms with Crippen LogP contribution in [0.4, 0.5) is 23.1 Å². The van der Waals surface area contributed by atoms with Crippen molar-refractivity contribution in [1.82, 2.24) is 9.97 Å². The Morgan fingerprint density at radius 2 is 1.72 bits per heavy atom. The van der Waals surface area contributed by atoms with Crippen LogP contribution in [0, 0.1) is 13.8 Å². The monoisotopic (exact) mass is 389 g/mol. The number of rotatable bonds is 6. The summed E-state index contributed by atoms with van der Waals surface area (Å²) in [6, 6.07) is 18.6. The molecule has 0 spiro atoms. The summed E-state index contributed by atoms with van der Waals surface area (Å²) in [5.74, 6) is 1.41. The Morgan fingerprint density at radius 3 is 2.55 bits per heavy atom. The molecule has 2 heterocycles. The van der Waals surface area contributed by atoms with Crippen LogP contribution in [-0.4, -0.2) is 36.3 Å². The van der Waals surface area contributed by atoms with Crippen LogP contribution in [0.5, 0.6) is 0 Å². The second-order valence-electron chi connectivity index (χ2n) is 7.24. The van der Waals surface area contributed by atoms with Gasteiger partial charge in [0.1, 0.15) is 5.82 Å². The van der Waals surface area contributed by atoms with Gasteiger partial charge in [0.15, 0.2) is 0 Å². The van der Waals surface area contributed by atoms with E-state index in [9.17, 15) is 0 Å². The minimum atomic E-state index is 0.625. The fourth-order valence-electron chi connectivity index (χ4n) is 3.49. The lowest BCUT2D eigenvalue weighted by molar-refractivity contribution is 0.123. The third kappa shape index (κ3) is 4.84. The van der Waals surface area contributed by atoms with E-state index in [2.05, 4.69) is 74.9 Å². The lowest BCUT2D eigenvalue weighted by Crippen LogP contribution is -2.36. The molecule has 4 rings (SSSR count). The van der Waals surface area contributed by atoms with Crippen molar-refractivity contribution in [3.8, 4) is 0 Å². The van der Waals surface area contributed by atoms with Crippen molar-refractivity contribution in [2.75, 3.05) is 41.8 Å². The van der Waals surface area contributed by atoms with Crippen LogP contribution in [0.25, 0.3) is 0 Å². The molecule has 1 aliphatic rings. The van der Waals surface area contributed by atoms with Gasteiger partial charge in [0, 0.05) is 31.4 Å². The molecule has 0 saturated carbocycles. The van der Waals surface area contributed by atoms with Gasteiger partial charge < -0.3 is 20.3 Å². The molecule has 0 aliphatic carbocycles. The summed E-state index contributed by atoms with van der Waals surface area (Å²) >= 11 is 0. The van der Waals surface area contributed by atoms with E-state index in [1.165, 1.54) is 16.8 Å². The average molecular weight is 390 g/mol. The van der Waals surface area contributed by atoms with Crippen LogP contribution in [-0.2, 0) is 11.3 Å². The molecule has 29 heavy (non-hydrogen) atoms. The maximum Gasteiger partial charge on any atom is 0.225 e. The molecule has 6 nitrogen and oxygen atoms in total. The van der Waals surface area contributed by atoms with E-state index < -0.39 is 0 Å². The molecule has 1 saturated heterocycles. The first-order chi connectivity index (χ1) is 14.2. The van der Waals surface area contributed by atoms with Crippen LogP contribution in [0.1, 0.15) is 16.8 Å². The maximum atomic E-state index is 5.49. The van der Waals surface area contributed by atoms with E-state index in [1.807, 2.05) is 19.1 Å². The summed E-state index contributed by atoms with van der Waals surface area (Å²) in [6.07, 6.45) is 0. The number of ether oxygens (including phenoxy) is 1. The predicted octanol–water partition coefficient (Wildman–Crippen LogP) is 4.29. The third-order valence-electron chi connectivity index (χ3n) is 5.07. The average Bonchev–Trinajstić information content (AvgIpc) is 2.74. The molecule has 150 valence electrons. The molecule has 0 bridgehead atoms. The second-order valence-corrected chi connectivity index (χ2v) is 7.24. The lowest BCUT2D eigenvalue weighted by Gasteiger charge is -2.30. The topological polar surface area (TPSA) is 62.3 Å². The summed E-state index contributed by atoms with van der Waals surface area (Å²) in [5.41, 5.74) is 5.62. The quantitative estimate of drug-likeness (QED) is 0.656. The first kappa shape index (κ1) is 19.2. The molecule has 0 atom stereocenters. The van der Waals surface area contributed by atoms with E-state index in [4.69, 9.17) is 4.74 Å². The van der Waals surface area contributed by atoms with E-state index in [1.54, 1.807) is 0 Å². The molecular weight excluding hydrogens is 362 g/mol. The van der Waals surface area contributed by atoms with Gasteiger partial charge in [-0.3, -0.25) is 0 Å². The Morgan fingerprint density at radius 1 is 0.966 bits per heavy atom. The number of benzene rings is 2. The molecular formula is C23H27N5O. The van der Waals surface area contributed by atoms with Gasteiger partial charge in [-0.1, -0.05) is 36.4 Å².